The number of benzene rings is 2. The topological polar surface area (TPSA) is 78.6 Å². The summed E-state index contributed by atoms with van der Waals surface area (Å²) in [4.78, 5) is 0.288. The highest BCUT2D eigenvalue weighted by molar-refractivity contribution is 7.92. The van der Waals surface area contributed by atoms with Crippen molar-refractivity contribution in [2.45, 2.75) is 16.6 Å². The molecule has 2 aromatic carbocycles. The van der Waals surface area contributed by atoms with Crippen LogP contribution in [0, 0.1) is 0 Å². The molecule has 1 unspecified atom stereocenters. The molecule has 23 heavy (non-hydrogen) atoms. The summed E-state index contributed by atoms with van der Waals surface area (Å²) in [6.07, 6.45) is 0.314. The number of ether oxygens (including phenoxy) is 2. The molecule has 0 aliphatic heterocycles. The fourth-order valence-electron chi connectivity index (χ4n) is 2.39. The van der Waals surface area contributed by atoms with E-state index in [9.17, 15) is 8.42 Å². The van der Waals surface area contributed by atoms with Crippen LogP contribution in [-0.4, -0.2) is 34.4 Å². The molecule has 0 saturated carbocycles. The maximum absolute atomic E-state index is 12.7. The molecule has 0 heterocycles. The van der Waals surface area contributed by atoms with E-state index in [1.165, 1.54) is 0 Å². The lowest BCUT2D eigenvalue weighted by Gasteiger charge is -2.17. The van der Waals surface area contributed by atoms with Crippen LogP contribution in [0.25, 0.3) is 0 Å². The van der Waals surface area contributed by atoms with Crippen molar-refractivity contribution in [1.82, 2.24) is 0 Å². The number of hydrogen-bond acceptors (Lipinski definition) is 5. The van der Waals surface area contributed by atoms with Crippen LogP contribution in [0.15, 0.2) is 53.4 Å². The van der Waals surface area contributed by atoms with Crippen molar-refractivity contribution in [3.05, 3.63) is 54.1 Å². The van der Waals surface area contributed by atoms with Gasteiger partial charge in [-0.1, -0.05) is 24.3 Å². The van der Waals surface area contributed by atoms with Crippen molar-refractivity contribution >= 4 is 9.84 Å². The van der Waals surface area contributed by atoms with Gasteiger partial charge in [-0.15, -0.1) is 0 Å². The number of hydrogen-bond donors (Lipinski definition) is 1. The fourth-order valence-corrected chi connectivity index (χ4v) is 3.98. The maximum atomic E-state index is 12.7. The second-order valence-electron chi connectivity index (χ2n) is 5.11. The van der Waals surface area contributed by atoms with Crippen molar-refractivity contribution in [1.29, 1.82) is 0 Å². The lowest BCUT2D eigenvalue weighted by atomic mass is 10.1. The standard InChI is InChI=1S/C17H21NO4S/c1-21-16-9-8-13(11-17(16)22-2)10-15(12-18)23(19,20)14-6-4-3-5-7-14/h3-9,11,15H,10,12,18H2,1-2H3. The lowest BCUT2D eigenvalue weighted by Crippen LogP contribution is -2.32. The summed E-state index contributed by atoms with van der Waals surface area (Å²) in [6, 6.07) is 13.7. The lowest BCUT2D eigenvalue weighted by molar-refractivity contribution is 0.354. The van der Waals surface area contributed by atoms with Crippen molar-refractivity contribution in [2.75, 3.05) is 20.8 Å². The zero-order valence-electron chi connectivity index (χ0n) is 13.2. The van der Waals surface area contributed by atoms with Gasteiger partial charge in [0.25, 0.3) is 0 Å². The van der Waals surface area contributed by atoms with E-state index in [4.69, 9.17) is 15.2 Å². The van der Waals surface area contributed by atoms with Gasteiger partial charge in [0, 0.05) is 6.54 Å². The predicted molar refractivity (Wildman–Crippen MR) is 89.7 cm³/mol. The Labute approximate surface area is 137 Å². The van der Waals surface area contributed by atoms with Gasteiger partial charge < -0.3 is 15.2 Å². The number of rotatable bonds is 7. The van der Waals surface area contributed by atoms with Crippen LogP contribution in [0.2, 0.25) is 0 Å². The second-order valence-corrected chi connectivity index (χ2v) is 7.34. The zero-order valence-corrected chi connectivity index (χ0v) is 14.0. The molecule has 1 atom stereocenters. The average Bonchev–Trinajstić information content (AvgIpc) is 2.59. The molecule has 0 aromatic heterocycles. The molecule has 6 heteroatoms. The van der Waals surface area contributed by atoms with Gasteiger partial charge in [-0.05, 0) is 36.2 Å². The maximum Gasteiger partial charge on any atom is 0.182 e. The van der Waals surface area contributed by atoms with Gasteiger partial charge in [-0.3, -0.25) is 0 Å². The molecule has 0 radical (unpaired) electrons. The number of sulfone groups is 1. The van der Waals surface area contributed by atoms with Gasteiger partial charge in [0.15, 0.2) is 21.3 Å². The summed E-state index contributed by atoms with van der Waals surface area (Å²) in [6.45, 7) is 0.0472. The molecule has 0 aliphatic carbocycles. The minimum absolute atomic E-state index is 0.0472. The molecule has 2 aromatic rings. The minimum atomic E-state index is -3.48. The van der Waals surface area contributed by atoms with Gasteiger partial charge in [0.1, 0.15) is 0 Å². The second kappa shape index (κ2) is 7.48. The van der Waals surface area contributed by atoms with E-state index < -0.39 is 15.1 Å². The van der Waals surface area contributed by atoms with Gasteiger partial charge in [0.05, 0.1) is 24.4 Å². The predicted octanol–water partition coefficient (Wildman–Crippen LogP) is 2.05. The van der Waals surface area contributed by atoms with Gasteiger partial charge in [0.2, 0.25) is 0 Å². The van der Waals surface area contributed by atoms with E-state index >= 15 is 0 Å². The van der Waals surface area contributed by atoms with E-state index in [2.05, 4.69) is 0 Å². The van der Waals surface area contributed by atoms with Crippen LogP contribution in [-0.2, 0) is 16.3 Å². The summed E-state index contributed by atoms with van der Waals surface area (Å²) >= 11 is 0. The first-order valence-corrected chi connectivity index (χ1v) is 8.77. The Morgan fingerprint density at radius 1 is 1.00 bits per heavy atom. The highest BCUT2D eigenvalue weighted by Gasteiger charge is 2.26. The van der Waals surface area contributed by atoms with Gasteiger partial charge in [-0.25, -0.2) is 8.42 Å². The highest BCUT2D eigenvalue weighted by Crippen LogP contribution is 2.29. The Hall–Kier alpha value is -2.05. The summed E-state index contributed by atoms with van der Waals surface area (Å²) in [5.41, 5.74) is 6.57. The first-order valence-electron chi connectivity index (χ1n) is 7.22. The van der Waals surface area contributed by atoms with E-state index in [1.54, 1.807) is 56.7 Å². The van der Waals surface area contributed by atoms with Crippen LogP contribution >= 0.6 is 0 Å². The smallest absolute Gasteiger partial charge is 0.182 e. The largest absolute Gasteiger partial charge is 0.493 e. The van der Waals surface area contributed by atoms with Crippen LogP contribution in [0.3, 0.4) is 0 Å². The van der Waals surface area contributed by atoms with Crippen molar-refractivity contribution in [2.24, 2.45) is 5.73 Å². The Morgan fingerprint density at radius 2 is 1.65 bits per heavy atom. The van der Waals surface area contributed by atoms with E-state index in [1.807, 2.05) is 6.07 Å². The van der Waals surface area contributed by atoms with E-state index in [0.29, 0.717) is 17.9 Å². The molecule has 0 fully saturated rings. The van der Waals surface area contributed by atoms with Crippen LogP contribution in [0.1, 0.15) is 5.56 Å². The first kappa shape index (κ1) is 17.3. The van der Waals surface area contributed by atoms with Crippen molar-refractivity contribution < 1.29 is 17.9 Å². The van der Waals surface area contributed by atoms with Crippen LogP contribution in [0.5, 0.6) is 11.5 Å². The third kappa shape index (κ3) is 3.83. The molecule has 5 nitrogen and oxygen atoms in total. The normalized spacial score (nSPS) is 12.7. The average molecular weight is 335 g/mol. The Bertz CT molecular complexity index is 744. The highest BCUT2D eigenvalue weighted by atomic mass is 32.2. The number of nitrogens with two attached hydrogens (primary N) is 1. The monoisotopic (exact) mass is 335 g/mol. The quantitative estimate of drug-likeness (QED) is 0.838. The van der Waals surface area contributed by atoms with Crippen LogP contribution < -0.4 is 15.2 Å². The molecular formula is C17H21NO4S. The SMILES string of the molecule is COc1ccc(CC(CN)S(=O)(=O)c2ccccc2)cc1OC. The minimum Gasteiger partial charge on any atom is -0.493 e. The molecule has 2 rings (SSSR count). The molecule has 0 amide bonds. The summed E-state index contributed by atoms with van der Waals surface area (Å²) in [7, 11) is -0.382. The third-order valence-corrected chi connectivity index (χ3v) is 5.85. The Morgan fingerprint density at radius 3 is 2.22 bits per heavy atom. The molecule has 0 spiro atoms. The first-order chi connectivity index (χ1) is 11.0. The van der Waals surface area contributed by atoms with E-state index in [-0.39, 0.29) is 11.4 Å². The summed E-state index contributed by atoms with van der Waals surface area (Å²) < 4.78 is 35.9. The van der Waals surface area contributed by atoms with Gasteiger partial charge >= 0.3 is 0 Å². The van der Waals surface area contributed by atoms with E-state index in [0.717, 1.165) is 5.56 Å². The molecule has 2 N–H and O–H groups in total. The third-order valence-electron chi connectivity index (χ3n) is 3.68. The Balaban J connectivity index is 2.30. The van der Waals surface area contributed by atoms with Crippen molar-refractivity contribution in [3.8, 4) is 11.5 Å². The molecule has 0 aliphatic rings. The summed E-state index contributed by atoms with van der Waals surface area (Å²) in [5, 5.41) is -0.692. The zero-order chi connectivity index (χ0) is 16.9. The van der Waals surface area contributed by atoms with Crippen LogP contribution in [0.4, 0.5) is 0 Å². The molecule has 124 valence electrons. The molecular weight excluding hydrogens is 314 g/mol. The van der Waals surface area contributed by atoms with Gasteiger partial charge in [-0.2, -0.15) is 0 Å². The Kier molecular flexibility index (Phi) is 5.63. The summed E-state index contributed by atoms with van der Waals surface area (Å²) in [5.74, 6) is 1.17. The van der Waals surface area contributed by atoms with Crippen molar-refractivity contribution in [3.63, 3.8) is 0 Å². The molecule has 0 bridgehead atoms. The number of methoxy groups -OCH3 is 2. The fraction of sp³-hybridized carbons (Fsp3) is 0.294. The molecule has 0 saturated heterocycles.